The van der Waals surface area contributed by atoms with Crippen molar-refractivity contribution >= 4 is 17.2 Å². The minimum Gasteiger partial charge on any atom is -0.464 e. The quantitative estimate of drug-likeness (QED) is 0.866. The van der Waals surface area contributed by atoms with E-state index in [1.165, 1.54) is 17.8 Å². The summed E-state index contributed by atoms with van der Waals surface area (Å²) < 4.78 is 5.84. The van der Waals surface area contributed by atoms with Crippen LogP contribution in [0.1, 0.15) is 46.1 Å². The molecule has 5 heteroatoms. The highest BCUT2D eigenvalue weighted by Gasteiger charge is 2.36. The van der Waals surface area contributed by atoms with E-state index in [1.54, 1.807) is 17.5 Å². The molecule has 1 aliphatic rings. The van der Waals surface area contributed by atoms with Crippen LogP contribution >= 0.6 is 11.3 Å². The van der Waals surface area contributed by atoms with Crippen LogP contribution in [-0.4, -0.2) is 22.8 Å². The molecule has 106 valence electrons. The van der Waals surface area contributed by atoms with E-state index in [4.69, 9.17) is 4.42 Å². The summed E-state index contributed by atoms with van der Waals surface area (Å²) >= 11 is 1.38. The molecule has 3 rings (SSSR count). The van der Waals surface area contributed by atoms with E-state index >= 15 is 0 Å². The lowest BCUT2D eigenvalue weighted by atomic mass is 10.3. The van der Waals surface area contributed by atoms with Crippen molar-refractivity contribution in [3.8, 4) is 0 Å². The van der Waals surface area contributed by atoms with Gasteiger partial charge in [-0.15, -0.1) is 11.3 Å². The van der Waals surface area contributed by atoms with Crippen LogP contribution in [0.5, 0.6) is 0 Å². The molecule has 2 heterocycles. The smallest absolute Gasteiger partial charge is 0.265 e. The molecule has 0 radical (unpaired) electrons. The molecular weight excluding hydrogens is 272 g/mol. The topological polar surface area (TPSA) is 46.3 Å². The Morgan fingerprint density at radius 3 is 2.90 bits per heavy atom. The zero-order valence-electron chi connectivity index (χ0n) is 11.9. The molecule has 0 unspecified atom stereocenters. The van der Waals surface area contributed by atoms with Gasteiger partial charge in [0.2, 0.25) is 0 Å². The maximum atomic E-state index is 12.3. The third-order valence-electron chi connectivity index (χ3n) is 3.84. The van der Waals surface area contributed by atoms with Crippen molar-refractivity contribution in [1.82, 2.24) is 9.88 Å². The molecule has 2 aromatic heterocycles. The molecular formula is C15H18N2O2S. The lowest BCUT2D eigenvalue weighted by Gasteiger charge is -2.14. The largest absolute Gasteiger partial charge is 0.464 e. The van der Waals surface area contributed by atoms with Crippen LogP contribution in [0.4, 0.5) is 0 Å². The number of carbonyl (C=O) groups excluding carboxylic acids is 1. The van der Waals surface area contributed by atoms with Gasteiger partial charge in [0.05, 0.1) is 17.7 Å². The molecule has 1 saturated carbocycles. The third-order valence-corrected chi connectivity index (χ3v) is 4.75. The second kappa shape index (κ2) is 5.05. The molecule has 2 atom stereocenters. The van der Waals surface area contributed by atoms with Crippen LogP contribution in [-0.2, 0) is 6.54 Å². The van der Waals surface area contributed by atoms with Gasteiger partial charge in [0.25, 0.3) is 5.91 Å². The van der Waals surface area contributed by atoms with Crippen molar-refractivity contribution in [1.29, 1.82) is 0 Å². The number of thiazole rings is 1. The fourth-order valence-corrected chi connectivity index (χ4v) is 3.18. The predicted octanol–water partition coefficient (Wildman–Crippen LogP) is 3.44. The zero-order chi connectivity index (χ0) is 14.3. The van der Waals surface area contributed by atoms with E-state index in [1.807, 2.05) is 19.1 Å². The van der Waals surface area contributed by atoms with E-state index < -0.39 is 0 Å². The van der Waals surface area contributed by atoms with Gasteiger partial charge in [0.1, 0.15) is 16.4 Å². The van der Waals surface area contributed by atoms with Gasteiger partial charge in [-0.05, 0) is 31.4 Å². The predicted molar refractivity (Wildman–Crippen MR) is 77.9 cm³/mol. The highest BCUT2D eigenvalue weighted by molar-refractivity contribution is 7.11. The maximum absolute atomic E-state index is 12.3. The highest BCUT2D eigenvalue weighted by atomic mass is 32.1. The van der Waals surface area contributed by atoms with Gasteiger partial charge in [0.15, 0.2) is 0 Å². The maximum Gasteiger partial charge on any atom is 0.265 e. The normalized spacial score (nSPS) is 20.9. The molecule has 0 aromatic carbocycles. The summed E-state index contributed by atoms with van der Waals surface area (Å²) in [5.74, 6) is 3.21. The van der Waals surface area contributed by atoms with Crippen LogP contribution in [0.2, 0.25) is 0 Å². The number of amides is 1. The Hall–Kier alpha value is -1.62. The first-order valence-electron chi connectivity index (χ1n) is 6.80. The van der Waals surface area contributed by atoms with Gasteiger partial charge < -0.3 is 9.32 Å². The van der Waals surface area contributed by atoms with E-state index in [-0.39, 0.29) is 5.91 Å². The summed E-state index contributed by atoms with van der Waals surface area (Å²) in [5, 5.41) is 0. The van der Waals surface area contributed by atoms with E-state index in [2.05, 4.69) is 11.9 Å². The molecule has 0 bridgehead atoms. The summed E-state index contributed by atoms with van der Waals surface area (Å²) in [6.07, 6.45) is 1.21. The molecule has 20 heavy (non-hydrogen) atoms. The van der Waals surface area contributed by atoms with E-state index in [0.29, 0.717) is 17.3 Å². The molecule has 1 fully saturated rings. The first kappa shape index (κ1) is 13.4. The minimum absolute atomic E-state index is 0.00254. The van der Waals surface area contributed by atoms with Crippen molar-refractivity contribution in [2.24, 2.45) is 5.92 Å². The fourth-order valence-electron chi connectivity index (χ4n) is 2.38. The van der Waals surface area contributed by atoms with Crippen molar-refractivity contribution < 1.29 is 9.21 Å². The van der Waals surface area contributed by atoms with Crippen molar-refractivity contribution in [3.63, 3.8) is 0 Å². The van der Waals surface area contributed by atoms with Crippen molar-refractivity contribution in [2.75, 3.05) is 7.05 Å². The van der Waals surface area contributed by atoms with Crippen LogP contribution in [0, 0.1) is 12.8 Å². The minimum atomic E-state index is 0.00254. The number of aromatic nitrogens is 1. The highest BCUT2D eigenvalue weighted by Crippen LogP contribution is 2.47. The van der Waals surface area contributed by atoms with E-state index in [0.717, 1.165) is 23.1 Å². The van der Waals surface area contributed by atoms with Gasteiger partial charge in [-0.25, -0.2) is 4.98 Å². The molecule has 0 spiro atoms. The Morgan fingerprint density at radius 2 is 2.30 bits per heavy atom. The number of carbonyl (C=O) groups is 1. The Bertz CT molecular complexity index is 631. The second-order valence-electron chi connectivity index (χ2n) is 5.55. The molecule has 1 amide bonds. The number of nitrogens with zero attached hydrogens (tertiary/aromatic N) is 2. The summed E-state index contributed by atoms with van der Waals surface area (Å²) in [7, 11) is 1.80. The molecule has 1 aliphatic carbocycles. The summed E-state index contributed by atoms with van der Waals surface area (Å²) in [6, 6.07) is 4.02. The van der Waals surface area contributed by atoms with Gasteiger partial charge in [-0.1, -0.05) is 6.92 Å². The molecule has 0 saturated heterocycles. The standard InChI is InChI=1S/C15H18N2O2S/c1-9-6-12(9)13-5-4-11(19-13)7-17(3)15(18)14-10(2)16-8-20-14/h4-5,8-9,12H,6-7H2,1-3H3/t9-,12-/m1/s1. The molecule has 0 aliphatic heterocycles. The van der Waals surface area contributed by atoms with Crippen LogP contribution in [0.15, 0.2) is 22.1 Å². The number of hydrogen-bond acceptors (Lipinski definition) is 4. The Labute approximate surface area is 122 Å². The Morgan fingerprint density at radius 1 is 1.55 bits per heavy atom. The Balaban J connectivity index is 1.66. The van der Waals surface area contributed by atoms with Gasteiger partial charge >= 0.3 is 0 Å². The Kier molecular flexibility index (Phi) is 3.38. The SMILES string of the molecule is Cc1ncsc1C(=O)N(C)Cc1ccc([C@@H]2C[C@H]2C)o1. The first-order valence-corrected chi connectivity index (χ1v) is 7.68. The van der Waals surface area contributed by atoms with Gasteiger partial charge in [0, 0.05) is 13.0 Å². The first-order chi connectivity index (χ1) is 9.56. The van der Waals surface area contributed by atoms with Crippen LogP contribution in [0.25, 0.3) is 0 Å². The number of hydrogen-bond donors (Lipinski definition) is 0. The monoisotopic (exact) mass is 290 g/mol. The van der Waals surface area contributed by atoms with Crippen LogP contribution < -0.4 is 0 Å². The third kappa shape index (κ3) is 2.50. The number of furan rings is 1. The second-order valence-corrected chi connectivity index (χ2v) is 6.41. The van der Waals surface area contributed by atoms with Crippen molar-refractivity contribution in [3.05, 3.63) is 39.7 Å². The van der Waals surface area contributed by atoms with Gasteiger partial charge in [-0.2, -0.15) is 0 Å². The lowest BCUT2D eigenvalue weighted by Crippen LogP contribution is -2.25. The average molecular weight is 290 g/mol. The lowest BCUT2D eigenvalue weighted by molar-refractivity contribution is 0.0778. The molecule has 4 nitrogen and oxygen atoms in total. The zero-order valence-corrected chi connectivity index (χ0v) is 12.7. The summed E-state index contributed by atoms with van der Waals surface area (Å²) in [4.78, 5) is 18.8. The van der Waals surface area contributed by atoms with Crippen LogP contribution in [0.3, 0.4) is 0 Å². The molecule has 2 aromatic rings. The van der Waals surface area contributed by atoms with Crippen molar-refractivity contribution in [2.45, 2.75) is 32.7 Å². The number of aryl methyl sites for hydroxylation is 1. The number of rotatable bonds is 4. The summed E-state index contributed by atoms with van der Waals surface area (Å²) in [6.45, 7) is 4.59. The van der Waals surface area contributed by atoms with E-state index in [9.17, 15) is 4.79 Å². The molecule has 0 N–H and O–H groups in total. The summed E-state index contributed by atoms with van der Waals surface area (Å²) in [5.41, 5.74) is 2.49. The average Bonchev–Trinajstić information content (AvgIpc) is 2.81. The van der Waals surface area contributed by atoms with Gasteiger partial charge in [-0.3, -0.25) is 4.79 Å². The fraction of sp³-hybridized carbons (Fsp3) is 0.467.